The molecule has 3 aromatic carbocycles. The summed E-state index contributed by atoms with van der Waals surface area (Å²) in [5.74, 6) is 3.35. The SMILES string of the molecule is CCCOc1c2cccc(OCCC)c2c(OCCC)c2c(OCCC)cccc12. The molecule has 3 aromatic rings. The van der Waals surface area contributed by atoms with Gasteiger partial charge < -0.3 is 18.9 Å². The highest BCUT2D eigenvalue weighted by atomic mass is 16.5. The Morgan fingerprint density at radius 1 is 0.500 bits per heavy atom. The van der Waals surface area contributed by atoms with E-state index in [9.17, 15) is 0 Å². The van der Waals surface area contributed by atoms with Crippen molar-refractivity contribution in [1.82, 2.24) is 0 Å². The largest absolute Gasteiger partial charge is 0.493 e. The van der Waals surface area contributed by atoms with Gasteiger partial charge in [-0.1, -0.05) is 52.0 Å². The summed E-state index contributed by atoms with van der Waals surface area (Å²) in [6, 6.07) is 12.3. The molecule has 0 spiro atoms. The fraction of sp³-hybridized carbons (Fsp3) is 0.462. The molecule has 0 radical (unpaired) electrons. The maximum absolute atomic E-state index is 6.37. The minimum absolute atomic E-state index is 0.629. The van der Waals surface area contributed by atoms with Crippen molar-refractivity contribution in [3.8, 4) is 23.0 Å². The van der Waals surface area contributed by atoms with Crippen molar-refractivity contribution in [3.63, 3.8) is 0 Å². The Labute approximate surface area is 180 Å². The Bertz CT molecular complexity index is 895. The van der Waals surface area contributed by atoms with Crippen LogP contribution in [0.4, 0.5) is 0 Å². The number of benzene rings is 3. The molecule has 0 aliphatic heterocycles. The summed E-state index contributed by atoms with van der Waals surface area (Å²) in [4.78, 5) is 0. The van der Waals surface area contributed by atoms with Crippen molar-refractivity contribution in [2.24, 2.45) is 0 Å². The minimum atomic E-state index is 0.629. The molecule has 0 aromatic heterocycles. The second kappa shape index (κ2) is 11.0. The molecule has 0 N–H and O–H groups in total. The van der Waals surface area contributed by atoms with Crippen LogP contribution in [0.15, 0.2) is 36.4 Å². The molecule has 4 heteroatoms. The van der Waals surface area contributed by atoms with Crippen LogP contribution in [0.5, 0.6) is 23.0 Å². The number of hydrogen-bond donors (Lipinski definition) is 0. The molecule has 0 aliphatic rings. The summed E-state index contributed by atoms with van der Waals surface area (Å²) in [6.07, 6.45) is 3.75. The van der Waals surface area contributed by atoms with Gasteiger partial charge in [0, 0.05) is 10.8 Å². The van der Waals surface area contributed by atoms with Crippen LogP contribution < -0.4 is 18.9 Å². The maximum atomic E-state index is 6.37. The molecule has 0 aliphatic carbocycles. The molecule has 0 fully saturated rings. The molecule has 0 heterocycles. The van der Waals surface area contributed by atoms with Gasteiger partial charge in [-0.3, -0.25) is 0 Å². The molecule has 0 amide bonds. The van der Waals surface area contributed by atoms with Crippen LogP contribution >= 0.6 is 0 Å². The third-order valence-electron chi connectivity index (χ3n) is 4.82. The molecule has 0 unspecified atom stereocenters. The van der Waals surface area contributed by atoms with Crippen molar-refractivity contribution in [2.45, 2.75) is 53.4 Å². The third-order valence-corrected chi connectivity index (χ3v) is 4.82. The van der Waals surface area contributed by atoms with Gasteiger partial charge in [0.05, 0.1) is 37.2 Å². The Morgan fingerprint density at radius 2 is 0.900 bits per heavy atom. The summed E-state index contributed by atoms with van der Waals surface area (Å²) in [7, 11) is 0. The first-order chi connectivity index (χ1) is 14.8. The lowest BCUT2D eigenvalue weighted by Gasteiger charge is -2.21. The summed E-state index contributed by atoms with van der Waals surface area (Å²) < 4.78 is 24.9. The summed E-state index contributed by atoms with van der Waals surface area (Å²) in [5.41, 5.74) is 0. The molecule has 162 valence electrons. The predicted molar refractivity (Wildman–Crippen MR) is 125 cm³/mol. The second-order valence-corrected chi connectivity index (χ2v) is 7.41. The molecule has 0 atom stereocenters. The summed E-state index contributed by atoms with van der Waals surface area (Å²) >= 11 is 0. The molecular formula is C26H34O4. The molecule has 0 saturated carbocycles. The van der Waals surface area contributed by atoms with Gasteiger partial charge in [-0.05, 0) is 37.8 Å². The van der Waals surface area contributed by atoms with Gasteiger partial charge in [0.25, 0.3) is 0 Å². The normalized spacial score (nSPS) is 11.1. The number of fused-ring (bicyclic) bond motifs is 2. The van der Waals surface area contributed by atoms with E-state index in [0.717, 1.165) is 70.2 Å². The molecule has 30 heavy (non-hydrogen) atoms. The van der Waals surface area contributed by atoms with Crippen molar-refractivity contribution < 1.29 is 18.9 Å². The van der Waals surface area contributed by atoms with E-state index in [0.29, 0.717) is 26.4 Å². The second-order valence-electron chi connectivity index (χ2n) is 7.41. The van der Waals surface area contributed by atoms with Gasteiger partial charge in [0.2, 0.25) is 0 Å². The zero-order valence-corrected chi connectivity index (χ0v) is 18.8. The zero-order valence-electron chi connectivity index (χ0n) is 18.8. The van der Waals surface area contributed by atoms with E-state index in [1.807, 2.05) is 24.3 Å². The highest BCUT2D eigenvalue weighted by molar-refractivity contribution is 6.15. The topological polar surface area (TPSA) is 36.9 Å². The Balaban J connectivity index is 2.39. The Kier molecular flexibility index (Phi) is 8.06. The molecule has 0 saturated heterocycles. The van der Waals surface area contributed by atoms with Crippen LogP contribution in [-0.2, 0) is 0 Å². The first-order valence-corrected chi connectivity index (χ1v) is 11.3. The van der Waals surface area contributed by atoms with Gasteiger partial charge in [-0.2, -0.15) is 0 Å². The van der Waals surface area contributed by atoms with Crippen LogP contribution in [0.2, 0.25) is 0 Å². The van der Waals surface area contributed by atoms with Gasteiger partial charge in [0.1, 0.15) is 23.0 Å². The van der Waals surface area contributed by atoms with E-state index in [1.165, 1.54) is 0 Å². The minimum Gasteiger partial charge on any atom is -0.493 e. The number of ether oxygens (including phenoxy) is 4. The Hall–Kier alpha value is -2.62. The first-order valence-electron chi connectivity index (χ1n) is 11.3. The van der Waals surface area contributed by atoms with Crippen LogP contribution in [-0.4, -0.2) is 26.4 Å². The highest BCUT2D eigenvalue weighted by Gasteiger charge is 2.22. The maximum Gasteiger partial charge on any atom is 0.142 e. The van der Waals surface area contributed by atoms with Gasteiger partial charge in [-0.15, -0.1) is 0 Å². The number of rotatable bonds is 12. The van der Waals surface area contributed by atoms with Crippen molar-refractivity contribution in [2.75, 3.05) is 26.4 Å². The highest BCUT2D eigenvalue weighted by Crippen LogP contribution is 2.49. The quantitative estimate of drug-likeness (QED) is 0.297. The van der Waals surface area contributed by atoms with E-state index < -0.39 is 0 Å². The van der Waals surface area contributed by atoms with Crippen LogP contribution in [0, 0.1) is 0 Å². The third kappa shape index (κ3) is 4.58. The van der Waals surface area contributed by atoms with Gasteiger partial charge >= 0.3 is 0 Å². The molecule has 4 nitrogen and oxygen atoms in total. The molecule has 0 bridgehead atoms. The fourth-order valence-electron chi connectivity index (χ4n) is 3.55. The number of hydrogen-bond acceptors (Lipinski definition) is 4. The summed E-state index contributed by atoms with van der Waals surface area (Å²) in [5, 5.41) is 3.96. The van der Waals surface area contributed by atoms with Gasteiger partial charge in [0.15, 0.2) is 0 Å². The molecular weight excluding hydrogens is 376 g/mol. The summed E-state index contributed by atoms with van der Waals surface area (Å²) in [6.45, 7) is 11.1. The predicted octanol–water partition coefficient (Wildman–Crippen LogP) is 7.15. The van der Waals surface area contributed by atoms with E-state index in [4.69, 9.17) is 18.9 Å². The van der Waals surface area contributed by atoms with E-state index in [2.05, 4.69) is 39.8 Å². The van der Waals surface area contributed by atoms with Crippen LogP contribution in [0.25, 0.3) is 21.5 Å². The fourth-order valence-corrected chi connectivity index (χ4v) is 3.55. The lowest BCUT2D eigenvalue weighted by atomic mass is 9.99. The monoisotopic (exact) mass is 410 g/mol. The average molecular weight is 411 g/mol. The zero-order chi connectivity index (χ0) is 21.3. The lowest BCUT2D eigenvalue weighted by Crippen LogP contribution is -2.04. The van der Waals surface area contributed by atoms with Gasteiger partial charge in [-0.25, -0.2) is 0 Å². The smallest absolute Gasteiger partial charge is 0.142 e. The van der Waals surface area contributed by atoms with Crippen LogP contribution in [0.1, 0.15) is 53.4 Å². The van der Waals surface area contributed by atoms with E-state index in [1.54, 1.807) is 0 Å². The standard InChI is InChI=1S/C26H34O4/c1-5-15-27-21-13-9-11-19-23(21)26(30-18-8-4)24-20(25(19)29-17-7-3)12-10-14-22(24)28-16-6-2/h9-14H,5-8,15-18H2,1-4H3. The van der Waals surface area contributed by atoms with Crippen molar-refractivity contribution >= 4 is 21.5 Å². The Morgan fingerprint density at radius 3 is 1.33 bits per heavy atom. The van der Waals surface area contributed by atoms with Crippen molar-refractivity contribution in [3.05, 3.63) is 36.4 Å². The first kappa shape index (κ1) is 22.1. The van der Waals surface area contributed by atoms with Crippen LogP contribution in [0.3, 0.4) is 0 Å². The van der Waals surface area contributed by atoms with E-state index in [-0.39, 0.29) is 0 Å². The lowest BCUT2D eigenvalue weighted by molar-refractivity contribution is 0.304. The average Bonchev–Trinajstić information content (AvgIpc) is 2.78. The van der Waals surface area contributed by atoms with Crippen molar-refractivity contribution in [1.29, 1.82) is 0 Å². The van der Waals surface area contributed by atoms with E-state index >= 15 is 0 Å². The molecule has 3 rings (SSSR count).